The van der Waals surface area contributed by atoms with Gasteiger partial charge < -0.3 is 5.73 Å². The van der Waals surface area contributed by atoms with E-state index < -0.39 is 16.6 Å². The fourth-order valence-corrected chi connectivity index (χ4v) is 2.71. The summed E-state index contributed by atoms with van der Waals surface area (Å²) in [7, 11) is -1.37. The van der Waals surface area contributed by atoms with Gasteiger partial charge >= 0.3 is 0 Å². The van der Waals surface area contributed by atoms with Crippen molar-refractivity contribution < 1.29 is 8.60 Å². The van der Waals surface area contributed by atoms with E-state index in [2.05, 4.69) is 0 Å². The molecule has 0 aliphatic carbocycles. The summed E-state index contributed by atoms with van der Waals surface area (Å²) in [5.41, 5.74) is 6.75. The number of nitrogens with zero attached hydrogens (tertiary/aromatic N) is 1. The fourth-order valence-electron chi connectivity index (χ4n) is 1.60. The molecular weight excluding hydrogens is 263 g/mol. The number of nitriles is 1. The zero-order valence-electron chi connectivity index (χ0n) is 9.97. The molecule has 0 radical (unpaired) electrons. The number of hydrogen-bond acceptors (Lipinski definition) is 3. The third-order valence-corrected chi connectivity index (χ3v) is 3.98. The molecule has 0 saturated heterocycles. The minimum atomic E-state index is -1.37. The Labute approximate surface area is 112 Å². The number of anilines is 1. The van der Waals surface area contributed by atoms with E-state index in [1.165, 1.54) is 18.2 Å². The molecule has 0 aliphatic heterocycles. The van der Waals surface area contributed by atoms with Crippen molar-refractivity contribution in [1.82, 2.24) is 0 Å². The summed E-state index contributed by atoms with van der Waals surface area (Å²) in [6.45, 7) is 0. The van der Waals surface area contributed by atoms with Crippen molar-refractivity contribution in [2.24, 2.45) is 0 Å². The Balaban J connectivity index is 2.24. The van der Waals surface area contributed by atoms with Crippen LogP contribution in [0.25, 0.3) is 0 Å². The Kier molecular flexibility index (Phi) is 3.93. The smallest absolute Gasteiger partial charge is 0.127 e. The van der Waals surface area contributed by atoms with E-state index in [-0.39, 0.29) is 11.3 Å². The molecule has 0 spiro atoms. The van der Waals surface area contributed by atoms with Gasteiger partial charge in [0.25, 0.3) is 0 Å². The van der Waals surface area contributed by atoms with E-state index >= 15 is 0 Å². The van der Waals surface area contributed by atoms with Crippen molar-refractivity contribution >= 4 is 16.5 Å². The van der Waals surface area contributed by atoms with Gasteiger partial charge in [0.15, 0.2) is 0 Å². The molecule has 5 heteroatoms. The maximum Gasteiger partial charge on any atom is 0.127 e. The maximum absolute atomic E-state index is 13.6. The Morgan fingerprint density at radius 2 is 1.89 bits per heavy atom. The number of nitrogen functional groups attached to an aromatic ring is 1. The lowest BCUT2D eigenvalue weighted by Crippen LogP contribution is -2.00. The lowest BCUT2D eigenvalue weighted by molar-refractivity contribution is 0.615. The Hall–Kier alpha value is -2.19. The largest absolute Gasteiger partial charge is 0.399 e. The van der Waals surface area contributed by atoms with E-state index in [4.69, 9.17) is 11.0 Å². The van der Waals surface area contributed by atoms with Gasteiger partial charge in [-0.2, -0.15) is 5.26 Å². The molecule has 0 aromatic heterocycles. The third kappa shape index (κ3) is 3.18. The molecule has 2 aromatic carbocycles. The second kappa shape index (κ2) is 5.63. The van der Waals surface area contributed by atoms with Crippen LogP contribution in [0.4, 0.5) is 10.1 Å². The van der Waals surface area contributed by atoms with Gasteiger partial charge in [-0.05, 0) is 42.5 Å². The second-order valence-corrected chi connectivity index (χ2v) is 5.43. The van der Waals surface area contributed by atoms with Gasteiger partial charge in [-0.25, -0.2) is 4.39 Å². The molecule has 2 N–H and O–H groups in total. The number of nitrogens with two attached hydrogens (primary N) is 1. The van der Waals surface area contributed by atoms with Gasteiger partial charge in [0.05, 0.1) is 28.2 Å². The highest BCUT2D eigenvalue weighted by molar-refractivity contribution is 7.84. The topological polar surface area (TPSA) is 66.9 Å². The van der Waals surface area contributed by atoms with Gasteiger partial charge in [0.2, 0.25) is 0 Å². The molecule has 2 rings (SSSR count). The van der Waals surface area contributed by atoms with Crippen molar-refractivity contribution in [3.63, 3.8) is 0 Å². The number of rotatable bonds is 3. The van der Waals surface area contributed by atoms with Crippen molar-refractivity contribution in [2.45, 2.75) is 10.6 Å². The zero-order valence-corrected chi connectivity index (χ0v) is 10.8. The average molecular weight is 274 g/mol. The molecule has 96 valence electrons. The van der Waals surface area contributed by atoms with Crippen LogP contribution in [0.15, 0.2) is 47.4 Å². The third-order valence-electron chi connectivity index (χ3n) is 2.60. The summed E-state index contributed by atoms with van der Waals surface area (Å²) < 4.78 is 25.7. The number of halogens is 1. The van der Waals surface area contributed by atoms with E-state index in [0.29, 0.717) is 16.1 Å². The Morgan fingerprint density at radius 3 is 2.53 bits per heavy atom. The molecule has 0 heterocycles. The van der Waals surface area contributed by atoms with E-state index in [0.717, 1.165) is 0 Å². The van der Waals surface area contributed by atoms with Crippen molar-refractivity contribution in [3.05, 3.63) is 59.4 Å². The second-order valence-electron chi connectivity index (χ2n) is 3.98. The molecule has 19 heavy (non-hydrogen) atoms. The molecule has 1 unspecified atom stereocenters. The molecule has 0 bridgehead atoms. The van der Waals surface area contributed by atoms with Crippen LogP contribution in [0.1, 0.15) is 11.1 Å². The SMILES string of the molecule is N#Cc1ccc(F)c(CS(=O)c2ccc(N)cc2)c1. The highest BCUT2D eigenvalue weighted by Crippen LogP contribution is 2.17. The lowest BCUT2D eigenvalue weighted by atomic mass is 10.1. The first-order chi connectivity index (χ1) is 9.10. The predicted octanol–water partition coefficient (Wildman–Crippen LogP) is 2.59. The first-order valence-electron chi connectivity index (χ1n) is 5.52. The predicted molar refractivity (Wildman–Crippen MR) is 72.1 cm³/mol. The lowest BCUT2D eigenvalue weighted by Gasteiger charge is -2.05. The molecule has 0 saturated carbocycles. The van der Waals surface area contributed by atoms with Crippen LogP contribution >= 0.6 is 0 Å². The highest BCUT2D eigenvalue weighted by Gasteiger charge is 2.10. The van der Waals surface area contributed by atoms with Crippen LogP contribution in [-0.4, -0.2) is 4.21 Å². The quantitative estimate of drug-likeness (QED) is 0.875. The number of hydrogen-bond donors (Lipinski definition) is 1. The first-order valence-corrected chi connectivity index (χ1v) is 6.84. The van der Waals surface area contributed by atoms with Gasteiger partial charge in [-0.3, -0.25) is 4.21 Å². The summed E-state index contributed by atoms with van der Waals surface area (Å²) in [5, 5.41) is 8.77. The van der Waals surface area contributed by atoms with Crippen LogP contribution in [0.2, 0.25) is 0 Å². The standard InChI is InChI=1S/C14H11FN2OS/c15-14-6-1-10(8-16)7-11(14)9-19(18)13-4-2-12(17)3-5-13/h1-7H,9,17H2. The maximum atomic E-state index is 13.6. The summed E-state index contributed by atoms with van der Waals surface area (Å²) in [5.74, 6) is -0.423. The van der Waals surface area contributed by atoms with Crippen LogP contribution in [0.5, 0.6) is 0 Å². The minimum absolute atomic E-state index is 0.0330. The molecule has 1 atom stereocenters. The Bertz CT molecular complexity index is 662. The van der Waals surface area contributed by atoms with Gasteiger partial charge in [0, 0.05) is 16.1 Å². The fraction of sp³-hybridized carbons (Fsp3) is 0.0714. The summed E-state index contributed by atoms with van der Waals surface area (Å²) in [6, 6.07) is 12.6. The minimum Gasteiger partial charge on any atom is -0.399 e. The molecular formula is C14H11FN2OS. The average Bonchev–Trinajstić information content (AvgIpc) is 2.42. The summed E-state index contributed by atoms with van der Waals surface area (Å²) in [6.07, 6.45) is 0. The molecule has 2 aromatic rings. The van der Waals surface area contributed by atoms with Crippen LogP contribution in [0.3, 0.4) is 0 Å². The molecule has 0 amide bonds. The van der Waals surface area contributed by atoms with Crippen molar-refractivity contribution in [2.75, 3.05) is 5.73 Å². The normalized spacial score (nSPS) is 11.8. The highest BCUT2D eigenvalue weighted by atomic mass is 32.2. The molecule has 0 aliphatic rings. The summed E-state index contributed by atoms with van der Waals surface area (Å²) >= 11 is 0. The Morgan fingerprint density at radius 1 is 1.21 bits per heavy atom. The van der Waals surface area contributed by atoms with Crippen molar-refractivity contribution in [1.29, 1.82) is 5.26 Å². The van der Waals surface area contributed by atoms with Crippen LogP contribution in [0, 0.1) is 17.1 Å². The summed E-state index contributed by atoms with van der Waals surface area (Å²) in [4.78, 5) is 0.580. The van der Waals surface area contributed by atoms with Crippen LogP contribution < -0.4 is 5.73 Å². The van der Waals surface area contributed by atoms with E-state index in [1.54, 1.807) is 24.3 Å². The van der Waals surface area contributed by atoms with Gasteiger partial charge in [-0.1, -0.05) is 0 Å². The van der Waals surface area contributed by atoms with E-state index in [9.17, 15) is 8.60 Å². The number of benzene rings is 2. The van der Waals surface area contributed by atoms with Gasteiger partial charge in [0.1, 0.15) is 5.82 Å². The first kappa shape index (κ1) is 13.2. The molecule has 3 nitrogen and oxygen atoms in total. The van der Waals surface area contributed by atoms with Crippen molar-refractivity contribution in [3.8, 4) is 6.07 Å². The molecule has 0 fully saturated rings. The zero-order chi connectivity index (χ0) is 13.8. The van der Waals surface area contributed by atoms with Crippen LogP contribution in [-0.2, 0) is 16.6 Å². The van der Waals surface area contributed by atoms with E-state index in [1.807, 2.05) is 6.07 Å². The van der Waals surface area contributed by atoms with Gasteiger partial charge in [-0.15, -0.1) is 0 Å². The monoisotopic (exact) mass is 274 g/mol.